The van der Waals surface area contributed by atoms with Crippen molar-refractivity contribution >= 4 is 0 Å². The van der Waals surface area contributed by atoms with Gasteiger partial charge in [0.1, 0.15) is 0 Å². The minimum atomic E-state index is 0. The molecular formula is C9H11Ti-. The standard InChI is InChI=1S/C9H11.Ti/c1-7-4-8(2)6-9(3)5-7;/h4-6H,1H2,2-3H3;/q-1;. The van der Waals surface area contributed by atoms with Crippen molar-refractivity contribution in [2.24, 2.45) is 0 Å². The minimum Gasteiger partial charge on any atom is -0.199 e. The Morgan fingerprint density at radius 1 is 1.00 bits per heavy atom. The van der Waals surface area contributed by atoms with Gasteiger partial charge in [0.15, 0.2) is 0 Å². The molecule has 0 radical (unpaired) electrons. The van der Waals surface area contributed by atoms with Crippen LogP contribution in [0.5, 0.6) is 0 Å². The fraction of sp³-hybridized carbons (Fsp3) is 0.222. The Hall–Kier alpha value is -0.196. The third-order valence-corrected chi connectivity index (χ3v) is 1.28. The van der Waals surface area contributed by atoms with E-state index in [0.717, 1.165) is 5.56 Å². The second-order valence-electron chi connectivity index (χ2n) is 2.50. The van der Waals surface area contributed by atoms with Crippen molar-refractivity contribution in [1.29, 1.82) is 0 Å². The first-order valence-electron chi connectivity index (χ1n) is 3.09. The van der Waals surface area contributed by atoms with Gasteiger partial charge in [-0.05, 0) is 0 Å². The largest absolute Gasteiger partial charge is 0.199 e. The molecule has 1 aromatic rings. The van der Waals surface area contributed by atoms with Gasteiger partial charge in [-0.25, -0.2) is 0 Å². The topological polar surface area (TPSA) is 0 Å². The fourth-order valence-corrected chi connectivity index (χ4v) is 1.07. The molecule has 52 valence electrons. The maximum absolute atomic E-state index is 3.84. The molecule has 0 fully saturated rings. The van der Waals surface area contributed by atoms with Crippen LogP contribution in [-0.2, 0) is 21.7 Å². The predicted molar refractivity (Wildman–Crippen MR) is 40.4 cm³/mol. The van der Waals surface area contributed by atoms with Gasteiger partial charge in [0, 0.05) is 21.7 Å². The van der Waals surface area contributed by atoms with Gasteiger partial charge in [0.25, 0.3) is 0 Å². The summed E-state index contributed by atoms with van der Waals surface area (Å²) < 4.78 is 0. The molecule has 0 aliphatic carbocycles. The molecule has 0 aliphatic rings. The molecule has 1 heteroatoms. The number of aryl methyl sites for hydroxylation is 2. The smallest absolute Gasteiger partial charge is 0 e. The summed E-state index contributed by atoms with van der Waals surface area (Å²) >= 11 is 0. The Morgan fingerprint density at radius 2 is 1.40 bits per heavy atom. The maximum atomic E-state index is 3.84. The Morgan fingerprint density at radius 3 is 1.70 bits per heavy atom. The van der Waals surface area contributed by atoms with E-state index in [1.165, 1.54) is 11.1 Å². The van der Waals surface area contributed by atoms with E-state index < -0.39 is 0 Å². The number of rotatable bonds is 0. The zero-order valence-electron chi connectivity index (χ0n) is 6.44. The Kier molecular flexibility index (Phi) is 3.77. The zero-order chi connectivity index (χ0) is 6.85. The van der Waals surface area contributed by atoms with Crippen LogP contribution in [-0.4, -0.2) is 0 Å². The molecule has 0 amide bonds. The molecule has 0 saturated carbocycles. The summed E-state index contributed by atoms with van der Waals surface area (Å²) in [4.78, 5) is 0. The quantitative estimate of drug-likeness (QED) is 0.411. The van der Waals surface area contributed by atoms with Gasteiger partial charge in [-0.1, -0.05) is 19.9 Å². The Labute approximate surface area is 77.5 Å². The van der Waals surface area contributed by atoms with E-state index in [1.807, 2.05) is 0 Å². The van der Waals surface area contributed by atoms with Crippen LogP contribution in [0, 0.1) is 20.8 Å². The monoisotopic (exact) mass is 167 g/mol. The van der Waals surface area contributed by atoms with Crippen LogP contribution in [0.4, 0.5) is 0 Å². The Bertz CT molecular complexity index is 165. The van der Waals surface area contributed by atoms with Crippen LogP contribution in [0.15, 0.2) is 18.2 Å². The molecular weight excluding hydrogens is 156 g/mol. The fourth-order valence-electron chi connectivity index (χ4n) is 1.07. The van der Waals surface area contributed by atoms with Gasteiger partial charge in [-0.15, -0.1) is 11.1 Å². The first-order valence-corrected chi connectivity index (χ1v) is 3.09. The van der Waals surface area contributed by atoms with E-state index in [9.17, 15) is 0 Å². The van der Waals surface area contributed by atoms with E-state index >= 15 is 0 Å². The molecule has 0 spiro atoms. The summed E-state index contributed by atoms with van der Waals surface area (Å²) in [6, 6.07) is 6.30. The molecule has 1 rings (SSSR count). The molecule has 10 heavy (non-hydrogen) atoms. The van der Waals surface area contributed by atoms with E-state index in [0.29, 0.717) is 0 Å². The van der Waals surface area contributed by atoms with Crippen molar-refractivity contribution in [3.63, 3.8) is 0 Å². The Balaban J connectivity index is 0.000000810. The molecule has 0 nitrogen and oxygen atoms in total. The summed E-state index contributed by atoms with van der Waals surface area (Å²) in [5.41, 5.74) is 3.69. The van der Waals surface area contributed by atoms with Crippen LogP contribution < -0.4 is 0 Å². The summed E-state index contributed by atoms with van der Waals surface area (Å²) in [5, 5.41) is 0. The van der Waals surface area contributed by atoms with E-state index in [2.05, 4.69) is 39.0 Å². The summed E-state index contributed by atoms with van der Waals surface area (Å²) in [5.74, 6) is 0. The molecule has 0 aromatic heterocycles. The summed E-state index contributed by atoms with van der Waals surface area (Å²) in [6.45, 7) is 8.01. The number of hydrogen-bond donors (Lipinski definition) is 0. The van der Waals surface area contributed by atoms with Crippen molar-refractivity contribution in [3.8, 4) is 0 Å². The normalized spacial score (nSPS) is 8.60. The minimum absolute atomic E-state index is 0. The third kappa shape index (κ3) is 2.59. The van der Waals surface area contributed by atoms with E-state index in [-0.39, 0.29) is 21.7 Å². The van der Waals surface area contributed by atoms with Crippen molar-refractivity contribution in [1.82, 2.24) is 0 Å². The number of hydrogen-bond acceptors (Lipinski definition) is 0. The molecule has 0 saturated heterocycles. The molecule has 0 aliphatic heterocycles. The van der Waals surface area contributed by atoms with Crippen molar-refractivity contribution in [2.75, 3.05) is 0 Å². The second-order valence-corrected chi connectivity index (χ2v) is 2.50. The average molecular weight is 167 g/mol. The first-order chi connectivity index (χ1) is 4.18. The summed E-state index contributed by atoms with van der Waals surface area (Å²) in [6.07, 6.45) is 0. The van der Waals surface area contributed by atoms with Gasteiger partial charge < -0.3 is 0 Å². The number of benzene rings is 1. The van der Waals surface area contributed by atoms with Gasteiger partial charge in [0.05, 0.1) is 0 Å². The second kappa shape index (κ2) is 3.85. The summed E-state index contributed by atoms with van der Waals surface area (Å²) in [7, 11) is 0. The van der Waals surface area contributed by atoms with Gasteiger partial charge in [-0.3, -0.25) is 0 Å². The molecule has 0 heterocycles. The molecule has 0 N–H and O–H groups in total. The molecule has 0 unspecified atom stereocenters. The molecule has 0 bridgehead atoms. The van der Waals surface area contributed by atoms with E-state index in [1.54, 1.807) is 0 Å². The molecule has 1 aromatic carbocycles. The maximum Gasteiger partial charge on any atom is 0 e. The third-order valence-electron chi connectivity index (χ3n) is 1.28. The molecule has 0 atom stereocenters. The first kappa shape index (κ1) is 9.80. The zero-order valence-corrected chi connectivity index (χ0v) is 8.00. The van der Waals surface area contributed by atoms with Crippen LogP contribution in [0.1, 0.15) is 16.7 Å². The van der Waals surface area contributed by atoms with Gasteiger partial charge >= 0.3 is 0 Å². The van der Waals surface area contributed by atoms with Crippen LogP contribution in [0.25, 0.3) is 0 Å². The average Bonchev–Trinajstić information content (AvgIpc) is 1.59. The van der Waals surface area contributed by atoms with Crippen molar-refractivity contribution in [2.45, 2.75) is 13.8 Å². The van der Waals surface area contributed by atoms with Crippen molar-refractivity contribution < 1.29 is 21.7 Å². The predicted octanol–water partition coefficient (Wildman–Crippen LogP) is 2.48. The van der Waals surface area contributed by atoms with Crippen LogP contribution in [0.2, 0.25) is 0 Å². The van der Waals surface area contributed by atoms with Crippen LogP contribution >= 0.6 is 0 Å². The van der Waals surface area contributed by atoms with Crippen LogP contribution in [0.3, 0.4) is 0 Å². The van der Waals surface area contributed by atoms with Gasteiger partial charge in [0.2, 0.25) is 0 Å². The van der Waals surface area contributed by atoms with E-state index in [4.69, 9.17) is 0 Å². The SMILES string of the molecule is [CH2-]c1cc(C)cc(C)c1.[Ti]. The van der Waals surface area contributed by atoms with Gasteiger partial charge in [-0.2, -0.15) is 24.6 Å². The van der Waals surface area contributed by atoms with Crippen molar-refractivity contribution in [3.05, 3.63) is 41.8 Å².